The molecule has 0 bridgehead atoms. The highest BCUT2D eigenvalue weighted by Gasteiger charge is 2.43. The summed E-state index contributed by atoms with van der Waals surface area (Å²) in [6, 6.07) is 0.789. The Hall–Kier alpha value is -0.570. The minimum absolute atomic E-state index is 0.139. The molecule has 4 aliphatic rings. The largest absolute Gasteiger partial charge is 0.341 e. The number of nitrogens with zero attached hydrogens (tertiary/aromatic N) is 1. The highest BCUT2D eigenvalue weighted by atomic mass is 16.2. The molecule has 1 heterocycles. The predicted octanol–water partition coefficient (Wildman–Crippen LogP) is 2.17. The lowest BCUT2D eigenvalue weighted by Crippen LogP contribution is -2.52. The molecule has 0 radical (unpaired) electrons. The molecule has 0 aromatic rings. The number of carbonyl (C=O) groups excluding carboxylic acids is 1. The zero-order chi connectivity index (χ0) is 12.8. The number of amides is 1. The van der Waals surface area contributed by atoms with E-state index >= 15 is 0 Å². The van der Waals surface area contributed by atoms with Gasteiger partial charge in [-0.05, 0) is 69.1 Å². The van der Waals surface area contributed by atoms with Gasteiger partial charge in [-0.25, -0.2) is 0 Å². The van der Waals surface area contributed by atoms with Crippen molar-refractivity contribution in [3.05, 3.63) is 0 Å². The number of hydrogen-bond donors (Lipinski definition) is 1. The molecule has 3 nitrogen and oxygen atoms in total. The number of piperidine rings is 1. The fourth-order valence-corrected chi connectivity index (χ4v) is 3.80. The van der Waals surface area contributed by atoms with Gasteiger partial charge < -0.3 is 10.2 Å². The Morgan fingerprint density at radius 3 is 2.32 bits per heavy atom. The third-order valence-electron chi connectivity index (χ3n) is 5.43. The average Bonchev–Trinajstić information content (AvgIpc) is 3.28. The summed E-state index contributed by atoms with van der Waals surface area (Å²) in [5.74, 6) is 3.15. The van der Waals surface area contributed by atoms with E-state index < -0.39 is 0 Å². The van der Waals surface area contributed by atoms with Crippen molar-refractivity contribution in [3.8, 4) is 0 Å². The van der Waals surface area contributed by atoms with Crippen LogP contribution in [0.4, 0.5) is 0 Å². The van der Waals surface area contributed by atoms with Crippen molar-refractivity contribution in [3.63, 3.8) is 0 Å². The molecular weight excluding hydrogens is 236 g/mol. The molecule has 106 valence electrons. The van der Waals surface area contributed by atoms with Crippen molar-refractivity contribution in [2.24, 2.45) is 17.8 Å². The lowest BCUT2D eigenvalue weighted by Gasteiger charge is -2.35. The summed E-state index contributed by atoms with van der Waals surface area (Å²) in [5, 5.41) is 3.54. The fraction of sp³-hybridized carbons (Fsp3) is 0.938. The van der Waals surface area contributed by atoms with E-state index in [1.165, 1.54) is 44.9 Å². The summed E-state index contributed by atoms with van der Waals surface area (Å²) in [4.78, 5) is 14.8. The molecule has 19 heavy (non-hydrogen) atoms. The van der Waals surface area contributed by atoms with Crippen LogP contribution in [0.2, 0.25) is 0 Å². The van der Waals surface area contributed by atoms with E-state index in [2.05, 4.69) is 10.2 Å². The lowest BCUT2D eigenvalue weighted by molar-refractivity contribution is -0.137. The van der Waals surface area contributed by atoms with Gasteiger partial charge in [0.15, 0.2) is 0 Å². The van der Waals surface area contributed by atoms with Crippen molar-refractivity contribution < 1.29 is 4.79 Å². The monoisotopic (exact) mass is 262 g/mol. The number of nitrogens with one attached hydrogen (secondary N) is 1. The van der Waals surface area contributed by atoms with Crippen LogP contribution < -0.4 is 5.32 Å². The van der Waals surface area contributed by atoms with Crippen LogP contribution in [0, 0.1) is 17.8 Å². The molecule has 3 aliphatic carbocycles. The van der Waals surface area contributed by atoms with E-state index in [1.54, 1.807) is 0 Å². The molecule has 3 saturated carbocycles. The van der Waals surface area contributed by atoms with E-state index in [9.17, 15) is 4.79 Å². The Morgan fingerprint density at radius 1 is 1.05 bits per heavy atom. The second kappa shape index (κ2) is 4.76. The standard InChI is InChI=1S/C16H26N2O/c19-16-15(17-13-7-8-13)2-1-9-18(16)10-14(11-3-4-11)12-5-6-12/h11-15,17H,1-10H2. The predicted molar refractivity (Wildman–Crippen MR) is 74.7 cm³/mol. The Kier molecular flexibility index (Phi) is 3.06. The first-order valence-electron chi connectivity index (χ1n) is 8.36. The van der Waals surface area contributed by atoms with Gasteiger partial charge in [0.2, 0.25) is 5.91 Å². The van der Waals surface area contributed by atoms with Crippen LogP contribution in [0.15, 0.2) is 0 Å². The van der Waals surface area contributed by atoms with Crippen molar-refractivity contribution in [1.29, 1.82) is 0 Å². The summed E-state index contributed by atoms with van der Waals surface area (Å²) in [6.07, 6.45) is 10.5. The van der Waals surface area contributed by atoms with Crippen molar-refractivity contribution in [2.45, 2.75) is 63.5 Å². The van der Waals surface area contributed by atoms with Crippen LogP contribution in [-0.2, 0) is 4.79 Å². The normalized spacial score (nSPS) is 32.2. The Bertz CT molecular complexity index is 346. The first kappa shape index (κ1) is 12.2. The van der Waals surface area contributed by atoms with E-state index in [4.69, 9.17) is 0 Å². The van der Waals surface area contributed by atoms with E-state index in [0.717, 1.165) is 37.3 Å². The van der Waals surface area contributed by atoms with Gasteiger partial charge in [-0.3, -0.25) is 4.79 Å². The SMILES string of the molecule is O=C1C(NC2CC2)CCCN1CC(C1CC1)C1CC1. The minimum atomic E-state index is 0.139. The van der Waals surface area contributed by atoms with E-state index in [1.807, 2.05) is 0 Å². The average molecular weight is 262 g/mol. The maximum atomic E-state index is 12.6. The molecule has 0 spiro atoms. The molecule has 3 heteroatoms. The smallest absolute Gasteiger partial charge is 0.239 e. The zero-order valence-corrected chi connectivity index (χ0v) is 11.8. The van der Waals surface area contributed by atoms with Crippen LogP contribution in [0.1, 0.15) is 51.4 Å². The summed E-state index contributed by atoms with van der Waals surface area (Å²) in [6.45, 7) is 2.08. The van der Waals surface area contributed by atoms with Crippen LogP contribution in [0.5, 0.6) is 0 Å². The van der Waals surface area contributed by atoms with Crippen LogP contribution in [0.25, 0.3) is 0 Å². The third kappa shape index (κ3) is 2.81. The molecule has 1 unspecified atom stereocenters. The van der Waals surface area contributed by atoms with Crippen LogP contribution in [0.3, 0.4) is 0 Å². The highest BCUT2D eigenvalue weighted by molar-refractivity contribution is 5.82. The van der Waals surface area contributed by atoms with Gasteiger partial charge in [-0.1, -0.05) is 0 Å². The number of hydrogen-bond acceptors (Lipinski definition) is 2. The Balaban J connectivity index is 1.37. The highest BCUT2D eigenvalue weighted by Crippen LogP contribution is 2.49. The molecule has 4 fully saturated rings. The minimum Gasteiger partial charge on any atom is -0.341 e. The van der Waals surface area contributed by atoms with Gasteiger partial charge in [0, 0.05) is 19.1 Å². The Labute approximate surface area is 116 Å². The number of rotatable bonds is 6. The first-order valence-corrected chi connectivity index (χ1v) is 8.36. The van der Waals surface area contributed by atoms with Gasteiger partial charge in [0.25, 0.3) is 0 Å². The first-order chi connectivity index (χ1) is 9.31. The molecule has 1 N–H and O–H groups in total. The summed E-state index contributed by atoms with van der Waals surface area (Å²) in [7, 11) is 0. The van der Waals surface area contributed by atoms with Crippen LogP contribution >= 0.6 is 0 Å². The molecule has 0 aromatic carbocycles. The third-order valence-corrected chi connectivity index (χ3v) is 5.43. The molecule has 1 atom stereocenters. The lowest BCUT2D eigenvalue weighted by atomic mass is 9.95. The van der Waals surface area contributed by atoms with Gasteiger partial charge >= 0.3 is 0 Å². The summed E-state index contributed by atoms with van der Waals surface area (Å²) in [5.41, 5.74) is 0. The van der Waals surface area contributed by atoms with Gasteiger partial charge in [-0.2, -0.15) is 0 Å². The molecule has 1 saturated heterocycles. The fourth-order valence-electron chi connectivity index (χ4n) is 3.80. The van der Waals surface area contributed by atoms with Crippen molar-refractivity contribution in [2.75, 3.05) is 13.1 Å². The molecule has 4 rings (SSSR count). The molecule has 0 aromatic heterocycles. The molecule has 1 amide bonds. The van der Waals surface area contributed by atoms with Crippen molar-refractivity contribution in [1.82, 2.24) is 10.2 Å². The zero-order valence-electron chi connectivity index (χ0n) is 11.8. The van der Waals surface area contributed by atoms with Crippen LogP contribution in [-0.4, -0.2) is 36.0 Å². The maximum absolute atomic E-state index is 12.6. The van der Waals surface area contributed by atoms with Gasteiger partial charge in [0.05, 0.1) is 6.04 Å². The summed E-state index contributed by atoms with van der Waals surface area (Å²) < 4.78 is 0. The maximum Gasteiger partial charge on any atom is 0.239 e. The quantitative estimate of drug-likeness (QED) is 0.795. The molecule has 1 aliphatic heterocycles. The van der Waals surface area contributed by atoms with E-state index in [0.29, 0.717) is 11.9 Å². The second-order valence-electron chi connectivity index (χ2n) is 7.26. The van der Waals surface area contributed by atoms with Gasteiger partial charge in [-0.15, -0.1) is 0 Å². The Morgan fingerprint density at radius 2 is 1.74 bits per heavy atom. The molecular formula is C16H26N2O. The number of carbonyl (C=O) groups is 1. The second-order valence-corrected chi connectivity index (χ2v) is 7.26. The topological polar surface area (TPSA) is 32.3 Å². The summed E-state index contributed by atoms with van der Waals surface area (Å²) >= 11 is 0. The van der Waals surface area contributed by atoms with E-state index in [-0.39, 0.29) is 6.04 Å². The number of likely N-dealkylation sites (tertiary alicyclic amines) is 1. The van der Waals surface area contributed by atoms with Gasteiger partial charge in [0.1, 0.15) is 0 Å². The van der Waals surface area contributed by atoms with Crippen molar-refractivity contribution >= 4 is 5.91 Å².